The quantitative estimate of drug-likeness (QED) is 0.917. The van der Waals surface area contributed by atoms with Crippen molar-refractivity contribution in [2.45, 2.75) is 19.1 Å². The number of hydrogen-bond acceptors (Lipinski definition) is 5. The second-order valence-electron chi connectivity index (χ2n) is 4.99. The zero-order valence-corrected chi connectivity index (χ0v) is 12.9. The molecule has 1 unspecified atom stereocenters. The third-order valence-corrected chi connectivity index (χ3v) is 4.46. The predicted octanol–water partition coefficient (Wildman–Crippen LogP) is 2.29. The Labute approximate surface area is 133 Å². The summed E-state index contributed by atoms with van der Waals surface area (Å²) in [5.74, 6) is 2.56. The lowest BCUT2D eigenvalue weighted by molar-refractivity contribution is 0.0950. The Morgan fingerprint density at radius 3 is 2.95 bits per heavy atom. The molecular weight excluding hydrogens is 298 g/mol. The Balaban J connectivity index is 1.54. The Kier molecular flexibility index (Phi) is 4.90. The number of hydrogen-bond donors (Lipinski definition) is 1. The van der Waals surface area contributed by atoms with Crippen molar-refractivity contribution in [2.75, 3.05) is 11.5 Å². The summed E-state index contributed by atoms with van der Waals surface area (Å²) in [5.41, 5.74) is 1.34. The molecule has 0 aliphatic carbocycles. The maximum absolute atomic E-state index is 12.1. The monoisotopic (exact) mass is 315 g/mol. The van der Waals surface area contributed by atoms with Crippen LogP contribution >= 0.6 is 11.8 Å². The molecule has 0 aromatic carbocycles. The van der Waals surface area contributed by atoms with Gasteiger partial charge in [-0.3, -0.25) is 9.78 Å². The summed E-state index contributed by atoms with van der Waals surface area (Å²) in [5, 5.41) is 2.82. The van der Waals surface area contributed by atoms with Gasteiger partial charge < -0.3 is 10.1 Å². The van der Waals surface area contributed by atoms with Gasteiger partial charge >= 0.3 is 0 Å². The fraction of sp³-hybridized carbons (Fsp3) is 0.312. The number of carbonyl (C=O) groups excluding carboxylic acids is 1. The molecule has 1 saturated heterocycles. The van der Waals surface area contributed by atoms with Crippen molar-refractivity contribution in [1.82, 2.24) is 15.3 Å². The molecule has 0 spiro atoms. The maximum Gasteiger partial charge on any atom is 0.253 e. The molecule has 3 heterocycles. The van der Waals surface area contributed by atoms with Crippen LogP contribution < -0.4 is 10.1 Å². The molecule has 1 fully saturated rings. The van der Waals surface area contributed by atoms with Crippen LogP contribution in [0.1, 0.15) is 22.5 Å². The van der Waals surface area contributed by atoms with Gasteiger partial charge in [0.2, 0.25) is 5.88 Å². The summed E-state index contributed by atoms with van der Waals surface area (Å²) >= 11 is 1.89. The average Bonchev–Trinajstić information content (AvgIpc) is 3.07. The van der Waals surface area contributed by atoms with Gasteiger partial charge in [-0.05, 0) is 30.4 Å². The van der Waals surface area contributed by atoms with Crippen molar-refractivity contribution < 1.29 is 9.53 Å². The van der Waals surface area contributed by atoms with E-state index in [-0.39, 0.29) is 12.0 Å². The van der Waals surface area contributed by atoms with E-state index in [9.17, 15) is 4.79 Å². The fourth-order valence-electron chi connectivity index (χ4n) is 2.14. The van der Waals surface area contributed by atoms with E-state index < -0.39 is 0 Å². The van der Waals surface area contributed by atoms with Crippen molar-refractivity contribution in [3.8, 4) is 5.88 Å². The lowest BCUT2D eigenvalue weighted by atomic mass is 10.2. The lowest BCUT2D eigenvalue weighted by Gasteiger charge is -2.11. The van der Waals surface area contributed by atoms with Crippen molar-refractivity contribution in [2.24, 2.45) is 0 Å². The molecule has 2 aromatic rings. The van der Waals surface area contributed by atoms with Gasteiger partial charge in [-0.15, -0.1) is 0 Å². The number of ether oxygens (including phenoxy) is 1. The van der Waals surface area contributed by atoms with Crippen molar-refractivity contribution in [3.63, 3.8) is 0 Å². The molecule has 2 aromatic heterocycles. The molecule has 1 N–H and O–H groups in total. The van der Waals surface area contributed by atoms with Crippen LogP contribution in [0.4, 0.5) is 0 Å². The first-order valence-electron chi connectivity index (χ1n) is 7.20. The third-order valence-electron chi connectivity index (χ3n) is 3.33. The van der Waals surface area contributed by atoms with E-state index in [0.29, 0.717) is 18.0 Å². The Bertz CT molecular complexity index is 613. The first-order chi connectivity index (χ1) is 10.8. The fourth-order valence-corrected chi connectivity index (χ4v) is 3.23. The number of amides is 1. The second-order valence-corrected chi connectivity index (χ2v) is 6.14. The smallest absolute Gasteiger partial charge is 0.253 e. The van der Waals surface area contributed by atoms with Gasteiger partial charge in [-0.25, -0.2) is 4.98 Å². The van der Waals surface area contributed by atoms with E-state index in [1.165, 1.54) is 0 Å². The molecule has 0 bridgehead atoms. The molecule has 1 atom stereocenters. The summed E-state index contributed by atoms with van der Waals surface area (Å²) in [6.07, 6.45) is 4.54. The number of nitrogens with one attached hydrogen (secondary N) is 1. The summed E-state index contributed by atoms with van der Waals surface area (Å²) in [4.78, 5) is 20.4. The van der Waals surface area contributed by atoms with Crippen LogP contribution in [0.3, 0.4) is 0 Å². The minimum Gasteiger partial charge on any atom is -0.473 e. The number of carbonyl (C=O) groups is 1. The first kappa shape index (κ1) is 14.8. The summed E-state index contributed by atoms with van der Waals surface area (Å²) < 4.78 is 5.77. The number of rotatable bonds is 5. The summed E-state index contributed by atoms with van der Waals surface area (Å²) in [6.45, 7) is 0.400. The second kappa shape index (κ2) is 7.26. The van der Waals surface area contributed by atoms with Gasteiger partial charge in [-0.2, -0.15) is 11.8 Å². The molecular formula is C16H17N3O2S. The molecule has 0 saturated carbocycles. The molecule has 5 nitrogen and oxygen atoms in total. The van der Waals surface area contributed by atoms with Gasteiger partial charge in [0.1, 0.15) is 6.10 Å². The van der Waals surface area contributed by atoms with Crippen LogP contribution in [0.2, 0.25) is 0 Å². The van der Waals surface area contributed by atoms with Gasteiger partial charge in [0.25, 0.3) is 5.91 Å². The van der Waals surface area contributed by atoms with Crippen molar-refractivity contribution in [1.29, 1.82) is 0 Å². The van der Waals surface area contributed by atoms with Crippen LogP contribution in [-0.4, -0.2) is 33.5 Å². The van der Waals surface area contributed by atoms with Gasteiger partial charge in [0.05, 0.1) is 17.8 Å². The lowest BCUT2D eigenvalue weighted by Crippen LogP contribution is -2.23. The predicted molar refractivity (Wildman–Crippen MR) is 86.0 cm³/mol. The Hall–Kier alpha value is -2.08. The minimum absolute atomic E-state index is 0.166. The van der Waals surface area contributed by atoms with Crippen LogP contribution in [-0.2, 0) is 6.54 Å². The van der Waals surface area contributed by atoms with Crippen LogP contribution in [0.25, 0.3) is 0 Å². The van der Waals surface area contributed by atoms with E-state index in [4.69, 9.17) is 4.74 Å². The zero-order chi connectivity index (χ0) is 15.2. The van der Waals surface area contributed by atoms with Crippen molar-refractivity contribution >= 4 is 17.7 Å². The number of nitrogens with zero attached hydrogens (tertiary/aromatic N) is 2. The number of thioether (sulfide) groups is 1. The topological polar surface area (TPSA) is 64.1 Å². The van der Waals surface area contributed by atoms with Gasteiger partial charge in [0.15, 0.2) is 0 Å². The largest absolute Gasteiger partial charge is 0.473 e. The number of aromatic nitrogens is 2. The molecule has 3 rings (SSSR count). The van der Waals surface area contributed by atoms with E-state index >= 15 is 0 Å². The Morgan fingerprint density at radius 1 is 1.32 bits per heavy atom. The standard InChI is InChI=1S/C16H17N3O2S/c20-16(19-10-13-3-1-2-7-17-13)12-4-5-15(18-9-12)21-14-6-8-22-11-14/h1-5,7,9,14H,6,8,10-11H2,(H,19,20). The van der Waals surface area contributed by atoms with Crippen LogP contribution in [0.5, 0.6) is 5.88 Å². The van der Waals surface area contributed by atoms with Crippen LogP contribution in [0.15, 0.2) is 42.7 Å². The minimum atomic E-state index is -0.166. The van der Waals surface area contributed by atoms with E-state index in [0.717, 1.165) is 23.6 Å². The highest BCUT2D eigenvalue weighted by Crippen LogP contribution is 2.21. The maximum atomic E-state index is 12.1. The first-order valence-corrected chi connectivity index (χ1v) is 8.35. The third kappa shape index (κ3) is 3.98. The highest BCUT2D eigenvalue weighted by molar-refractivity contribution is 7.99. The zero-order valence-electron chi connectivity index (χ0n) is 12.1. The molecule has 114 valence electrons. The summed E-state index contributed by atoms with van der Waals surface area (Å²) in [7, 11) is 0. The van der Waals surface area contributed by atoms with Crippen molar-refractivity contribution in [3.05, 3.63) is 54.0 Å². The molecule has 1 aliphatic rings. The highest BCUT2D eigenvalue weighted by atomic mass is 32.2. The Morgan fingerprint density at radius 2 is 2.27 bits per heavy atom. The van der Waals surface area contributed by atoms with E-state index in [2.05, 4.69) is 15.3 Å². The SMILES string of the molecule is O=C(NCc1ccccn1)c1ccc(OC2CCSC2)nc1. The molecule has 22 heavy (non-hydrogen) atoms. The normalized spacial score (nSPS) is 17.2. The number of pyridine rings is 2. The molecule has 1 amide bonds. The highest BCUT2D eigenvalue weighted by Gasteiger charge is 2.17. The van der Waals surface area contributed by atoms with E-state index in [1.807, 2.05) is 30.0 Å². The van der Waals surface area contributed by atoms with E-state index in [1.54, 1.807) is 24.5 Å². The van der Waals surface area contributed by atoms with Gasteiger partial charge in [0, 0.05) is 24.2 Å². The summed E-state index contributed by atoms with van der Waals surface area (Å²) in [6, 6.07) is 9.09. The van der Waals surface area contributed by atoms with Gasteiger partial charge in [-0.1, -0.05) is 6.07 Å². The average molecular weight is 315 g/mol. The van der Waals surface area contributed by atoms with Crippen LogP contribution in [0, 0.1) is 0 Å². The molecule has 6 heteroatoms. The molecule has 0 radical (unpaired) electrons. The molecule has 1 aliphatic heterocycles.